The molecule has 0 saturated carbocycles. The molecule has 0 aromatic heterocycles. The molecule has 5 N–H and O–H groups in total. The molecule has 7 nitrogen and oxygen atoms in total. The summed E-state index contributed by atoms with van der Waals surface area (Å²) in [5, 5.41) is 21.3. The summed E-state index contributed by atoms with van der Waals surface area (Å²) in [7, 11) is -1.23. The predicted octanol–water partition coefficient (Wildman–Crippen LogP) is -0.155. The van der Waals surface area contributed by atoms with Crippen molar-refractivity contribution in [1.29, 1.82) is 0 Å². The zero-order valence-electron chi connectivity index (χ0n) is 12.0. The molecule has 3 atom stereocenters. The lowest BCUT2D eigenvalue weighted by atomic mass is 9.72. The summed E-state index contributed by atoms with van der Waals surface area (Å²) in [5.41, 5.74) is 6.56. The molecule has 0 bridgehead atoms. The van der Waals surface area contributed by atoms with Crippen LogP contribution in [0.25, 0.3) is 0 Å². The highest BCUT2D eigenvalue weighted by Gasteiger charge is 2.37. The Morgan fingerprint density at radius 1 is 1.36 bits per heavy atom. The smallest absolute Gasteiger partial charge is 0.478 e. The average molecular weight is 306 g/mol. The van der Waals surface area contributed by atoms with Gasteiger partial charge >= 0.3 is 13.1 Å². The minimum Gasteiger partial charge on any atom is -0.481 e. The first-order valence-electron chi connectivity index (χ1n) is 7.13. The number of hydrogen-bond donors (Lipinski definition) is 4. The van der Waals surface area contributed by atoms with E-state index in [0.29, 0.717) is 18.4 Å². The van der Waals surface area contributed by atoms with Gasteiger partial charge in [0.05, 0.1) is 18.5 Å². The van der Waals surface area contributed by atoms with E-state index >= 15 is 0 Å². The third-order valence-corrected chi connectivity index (χ3v) is 3.65. The highest BCUT2D eigenvalue weighted by molar-refractivity contribution is 6.45. The van der Waals surface area contributed by atoms with Gasteiger partial charge in [0.1, 0.15) is 6.04 Å². The third kappa shape index (κ3) is 4.30. The number of carbonyl (C=O) groups is 2. The lowest BCUT2D eigenvalue weighted by Crippen LogP contribution is -2.54. The predicted molar refractivity (Wildman–Crippen MR) is 79.6 cm³/mol. The van der Waals surface area contributed by atoms with Gasteiger partial charge in [-0.15, -0.1) is 0 Å². The third-order valence-electron chi connectivity index (χ3n) is 3.65. The Balaban J connectivity index is 1.88. The minimum absolute atomic E-state index is 0.165. The van der Waals surface area contributed by atoms with Crippen LogP contribution in [0.3, 0.4) is 0 Å². The molecular weight excluding hydrogens is 287 g/mol. The molecule has 8 heteroatoms. The van der Waals surface area contributed by atoms with Crippen LogP contribution in [0.1, 0.15) is 30.9 Å². The van der Waals surface area contributed by atoms with Crippen LogP contribution in [0.15, 0.2) is 30.3 Å². The fraction of sp³-hybridized carbons (Fsp3) is 0.429. The van der Waals surface area contributed by atoms with Crippen molar-refractivity contribution in [3.8, 4) is 0 Å². The zero-order chi connectivity index (χ0) is 16.1. The lowest BCUT2D eigenvalue weighted by molar-refractivity contribution is -0.139. The van der Waals surface area contributed by atoms with Crippen molar-refractivity contribution in [3.05, 3.63) is 35.9 Å². The van der Waals surface area contributed by atoms with Gasteiger partial charge in [-0.25, -0.2) is 0 Å². The molecule has 3 unspecified atom stereocenters. The molecule has 118 valence electrons. The summed E-state index contributed by atoms with van der Waals surface area (Å²) in [6, 6.07) is 8.08. The van der Waals surface area contributed by atoms with E-state index in [-0.39, 0.29) is 6.42 Å². The number of carboxylic acid groups (broad SMARTS) is 1. The monoisotopic (exact) mass is 306 g/mol. The van der Waals surface area contributed by atoms with Crippen LogP contribution in [-0.2, 0) is 14.2 Å². The maximum absolute atomic E-state index is 12.1. The number of nitrogens with two attached hydrogens (primary N) is 1. The summed E-state index contributed by atoms with van der Waals surface area (Å²) in [6.45, 7) is 0. The first kappa shape index (κ1) is 16.5. The number of carboxylic acids is 1. The van der Waals surface area contributed by atoms with Gasteiger partial charge in [-0.3, -0.25) is 9.59 Å². The second-order valence-electron chi connectivity index (χ2n) is 5.33. The van der Waals surface area contributed by atoms with Gasteiger partial charge in [0.2, 0.25) is 5.91 Å². The molecule has 22 heavy (non-hydrogen) atoms. The molecule has 0 aliphatic carbocycles. The minimum atomic E-state index is -1.23. The molecule has 2 rings (SSSR count). The summed E-state index contributed by atoms with van der Waals surface area (Å²) in [4.78, 5) is 22.8. The molecule has 1 aromatic rings. The maximum Gasteiger partial charge on any atom is 0.478 e. The lowest BCUT2D eigenvalue weighted by Gasteiger charge is -2.31. The van der Waals surface area contributed by atoms with Crippen molar-refractivity contribution < 1.29 is 24.4 Å². The van der Waals surface area contributed by atoms with Gasteiger partial charge in [-0.1, -0.05) is 30.3 Å². The summed E-state index contributed by atoms with van der Waals surface area (Å²) >= 11 is 0. The second-order valence-corrected chi connectivity index (χ2v) is 5.33. The largest absolute Gasteiger partial charge is 0.481 e. The standard InChI is InChI=1S/C14H19BN2O5/c16-13(9-4-2-1-3-5-9)14(20)17-11-7-6-10(8-12(18)19)22-15(11)21/h1-5,10-11,13,21H,6-8,16H2,(H,17,20)(H,18,19). The molecule has 1 saturated heterocycles. The molecule has 1 heterocycles. The summed E-state index contributed by atoms with van der Waals surface area (Å²) in [5.74, 6) is -1.98. The number of aliphatic carboxylic acids is 1. The van der Waals surface area contributed by atoms with Gasteiger partial charge in [-0.05, 0) is 18.4 Å². The number of benzene rings is 1. The van der Waals surface area contributed by atoms with Crippen molar-refractivity contribution in [2.24, 2.45) is 5.73 Å². The number of rotatable bonds is 5. The maximum atomic E-state index is 12.1. The van der Waals surface area contributed by atoms with Gasteiger partial charge in [0, 0.05) is 0 Å². The molecule has 1 fully saturated rings. The van der Waals surface area contributed by atoms with E-state index in [1.165, 1.54) is 0 Å². The molecule has 0 radical (unpaired) electrons. The van der Waals surface area contributed by atoms with Gasteiger partial charge < -0.3 is 25.8 Å². The van der Waals surface area contributed by atoms with Crippen LogP contribution in [0.5, 0.6) is 0 Å². The highest BCUT2D eigenvalue weighted by Crippen LogP contribution is 2.19. The first-order valence-corrected chi connectivity index (χ1v) is 7.13. The molecule has 1 aliphatic heterocycles. The summed E-state index contributed by atoms with van der Waals surface area (Å²) < 4.78 is 5.22. The molecule has 1 aromatic carbocycles. The Morgan fingerprint density at radius 2 is 2.05 bits per heavy atom. The fourth-order valence-corrected chi connectivity index (χ4v) is 2.44. The molecule has 1 amide bonds. The van der Waals surface area contributed by atoms with E-state index in [2.05, 4.69) is 5.32 Å². The average Bonchev–Trinajstić information content (AvgIpc) is 2.49. The normalized spacial score (nSPS) is 22.9. The van der Waals surface area contributed by atoms with Crippen molar-refractivity contribution in [2.45, 2.75) is 37.3 Å². The number of amides is 1. The van der Waals surface area contributed by atoms with E-state index in [1.807, 2.05) is 6.07 Å². The van der Waals surface area contributed by atoms with Gasteiger partial charge in [0.15, 0.2) is 0 Å². The van der Waals surface area contributed by atoms with Crippen LogP contribution >= 0.6 is 0 Å². The number of carbonyl (C=O) groups excluding carboxylic acids is 1. The Morgan fingerprint density at radius 3 is 2.64 bits per heavy atom. The van der Waals surface area contributed by atoms with Crippen LogP contribution in [0, 0.1) is 0 Å². The van der Waals surface area contributed by atoms with E-state index in [1.54, 1.807) is 24.3 Å². The van der Waals surface area contributed by atoms with Crippen LogP contribution in [0.2, 0.25) is 0 Å². The van der Waals surface area contributed by atoms with Crippen molar-refractivity contribution in [2.75, 3.05) is 0 Å². The molecular formula is C14H19BN2O5. The fourth-order valence-electron chi connectivity index (χ4n) is 2.44. The zero-order valence-corrected chi connectivity index (χ0v) is 12.0. The van der Waals surface area contributed by atoms with Crippen molar-refractivity contribution in [3.63, 3.8) is 0 Å². The van der Waals surface area contributed by atoms with E-state index in [0.717, 1.165) is 0 Å². The highest BCUT2D eigenvalue weighted by atomic mass is 16.5. The van der Waals surface area contributed by atoms with Crippen LogP contribution in [-0.4, -0.2) is 41.2 Å². The van der Waals surface area contributed by atoms with E-state index in [4.69, 9.17) is 15.5 Å². The van der Waals surface area contributed by atoms with E-state index in [9.17, 15) is 14.6 Å². The second kappa shape index (κ2) is 7.39. The quantitative estimate of drug-likeness (QED) is 0.561. The van der Waals surface area contributed by atoms with Crippen molar-refractivity contribution in [1.82, 2.24) is 5.32 Å². The topological polar surface area (TPSA) is 122 Å². The van der Waals surface area contributed by atoms with Gasteiger partial charge in [-0.2, -0.15) is 0 Å². The van der Waals surface area contributed by atoms with Crippen LogP contribution in [0.4, 0.5) is 0 Å². The van der Waals surface area contributed by atoms with Crippen LogP contribution < -0.4 is 11.1 Å². The summed E-state index contributed by atoms with van der Waals surface area (Å²) in [6.07, 6.45) is 0.186. The van der Waals surface area contributed by atoms with E-state index < -0.39 is 37.1 Å². The Bertz CT molecular complexity index is 527. The van der Waals surface area contributed by atoms with Gasteiger partial charge in [0.25, 0.3) is 0 Å². The number of nitrogens with one attached hydrogen (secondary N) is 1. The Labute approximate surface area is 128 Å². The number of hydrogen-bond acceptors (Lipinski definition) is 5. The van der Waals surface area contributed by atoms with Crippen molar-refractivity contribution >= 4 is 19.0 Å². The Kier molecular flexibility index (Phi) is 5.54. The molecule has 0 spiro atoms. The first-order chi connectivity index (χ1) is 10.5. The molecule has 1 aliphatic rings. The SMILES string of the molecule is NC(C(=O)NC1CCC(CC(=O)O)OB1O)c1ccccc1. The Hall–Kier alpha value is -1.90.